The van der Waals surface area contributed by atoms with Crippen molar-refractivity contribution in [3.63, 3.8) is 0 Å². The van der Waals surface area contributed by atoms with Crippen molar-refractivity contribution in [1.82, 2.24) is 10.2 Å². The number of esters is 1. The average molecular weight is 362 g/mol. The zero-order chi connectivity index (χ0) is 18.5. The fraction of sp³-hybridized carbons (Fsp3) is 0.294. The second-order valence-electron chi connectivity index (χ2n) is 5.72. The van der Waals surface area contributed by atoms with Gasteiger partial charge in [-0.3, -0.25) is 4.79 Å². The molecule has 1 aromatic heterocycles. The SMILES string of the molecule is O=C(COC(=O)c1ccc(N2CCCC2)nn1)Nc1ccc(F)c(F)c1. The second kappa shape index (κ2) is 7.85. The minimum atomic E-state index is -1.09. The quantitative estimate of drug-likeness (QED) is 0.821. The van der Waals surface area contributed by atoms with Gasteiger partial charge in [0.2, 0.25) is 0 Å². The largest absolute Gasteiger partial charge is 0.451 e. The summed E-state index contributed by atoms with van der Waals surface area (Å²) < 4.78 is 30.8. The molecule has 3 rings (SSSR count). The lowest BCUT2D eigenvalue weighted by molar-refractivity contribution is -0.119. The van der Waals surface area contributed by atoms with Crippen LogP contribution in [0.15, 0.2) is 30.3 Å². The van der Waals surface area contributed by atoms with Crippen LogP contribution in [0.25, 0.3) is 0 Å². The summed E-state index contributed by atoms with van der Waals surface area (Å²) in [7, 11) is 0. The molecule has 0 bridgehead atoms. The van der Waals surface area contributed by atoms with Gasteiger partial charge >= 0.3 is 5.97 Å². The first-order valence-electron chi connectivity index (χ1n) is 8.03. The standard InChI is InChI=1S/C17H16F2N4O3/c18-12-4-3-11(9-13(12)19)20-16(24)10-26-17(25)14-5-6-15(22-21-14)23-7-1-2-8-23/h3-6,9H,1-2,7-8,10H2,(H,20,24). The highest BCUT2D eigenvalue weighted by atomic mass is 19.2. The number of carbonyl (C=O) groups is 2. The lowest BCUT2D eigenvalue weighted by Gasteiger charge is -2.15. The summed E-state index contributed by atoms with van der Waals surface area (Å²) in [6.45, 7) is 1.22. The maximum atomic E-state index is 13.1. The lowest BCUT2D eigenvalue weighted by Crippen LogP contribution is -2.22. The van der Waals surface area contributed by atoms with Crippen LogP contribution in [-0.2, 0) is 9.53 Å². The summed E-state index contributed by atoms with van der Waals surface area (Å²) in [5.41, 5.74) is 0.0354. The molecule has 1 aromatic carbocycles. The Kier molecular flexibility index (Phi) is 5.35. The molecule has 1 amide bonds. The van der Waals surface area contributed by atoms with Gasteiger partial charge in [-0.1, -0.05) is 0 Å². The monoisotopic (exact) mass is 362 g/mol. The van der Waals surface area contributed by atoms with Crippen molar-refractivity contribution in [1.29, 1.82) is 0 Å². The van der Waals surface area contributed by atoms with E-state index in [0.29, 0.717) is 5.82 Å². The molecule has 136 valence electrons. The van der Waals surface area contributed by atoms with Crippen LogP contribution in [0.4, 0.5) is 20.3 Å². The third kappa shape index (κ3) is 4.29. The summed E-state index contributed by atoms with van der Waals surface area (Å²) in [4.78, 5) is 25.7. The van der Waals surface area contributed by atoms with Crippen LogP contribution in [0.3, 0.4) is 0 Å². The number of hydrogen-bond donors (Lipinski definition) is 1. The van der Waals surface area contributed by atoms with Crippen molar-refractivity contribution in [2.75, 3.05) is 29.9 Å². The number of ether oxygens (including phenoxy) is 1. The third-order valence-electron chi connectivity index (χ3n) is 3.83. The van der Waals surface area contributed by atoms with Crippen molar-refractivity contribution in [3.8, 4) is 0 Å². The van der Waals surface area contributed by atoms with Gasteiger partial charge in [0.05, 0.1) is 0 Å². The number of halogens is 2. The molecule has 1 fully saturated rings. The van der Waals surface area contributed by atoms with Crippen LogP contribution in [0.1, 0.15) is 23.3 Å². The van der Waals surface area contributed by atoms with Gasteiger partial charge in [0, 0.05) is 24.8 Å². The smallest absolute Gasteiger partial charge is 0.359 e. The Morgan fingerprint density at radius 2 is 1.85 bits per heavy atom. The van der Waals surface area contributed by atoms with Gasteiger partial charge in [-0.15, -0.1) is 10.2 Å². The Bertz CT molecular complexity index is 808. The van der Waals surface area contributed by atoms with Crippen LogP contribution >= 0.6 is 0 Å². The predicted octanol–water partition coefficient (Wildman–Crippen LogP) is 2.15. The zero-order valence-corrected chi connectivity index (χ0v) is 13.7. The number of rotatable bonds is 5. The minimum Gasteiger partial charge on any atom is -0.451 e. The molecule has 0 atom stereocenters. The van der Waals surface area contributed by atoms with Gasteiger partial charge in [-0.2, -0.15) is 0 Å². The number of nitrogens with one attached hydrogen (secondary N) is 1. The van der Waals surface area contributed by atoms with E-state index in [4.69, 9.17) is 4.74 Å². The molecule has 2 heterocycles. The Morgan fingerprint density at radius 3 is 2.50 bits per heavy atom. The number of benzene rings is 1. The molecule has 1 aliphatic heterocycles. The molecule has 9 heteroatoms. The molecule has 1 saturated heterocycles. The van der Waals surface area contributed by atoms with Crippen molar-refractivity contribution >= 4 is 23.4 Å². The van der Waals surface area contributed by atoms with Crippen LogP contribution in [0.2, 0.25) is 0 Å². The van der Waals surface area contributed by atoms with E-state index >= 15 is 0 Å². The number of anilines is 2. The summed E-state index contributed by atoms with van der Waals surface area (Å²) in [5, 5.41) is 10.1. The van der Waals surface area contributed by atoms with Crippen molar-refractivity contribution in [2.24, 2.45) is 0 Å². The highest BCUT2D eigenvalue weighted by Crippen LogP contribution is 2.17. The molecular weight excluding hydrogens is 346 g/mol. The van der Waals surface area contributed by atoms with Crippen molar-refractivity contribution < 1.29 is 23.1 Å². The van der Waals surface area contributed by atoms with Gasteiger partial charge < -0.3 is 15.0 Å². The number of hydrogen-bond acceptors (Lipinski definition) is 6. The topological polar surface area (TPSA) is 84.4 Å². The summed E-state index contributed by atoms with van der Waals surface area (Å²) in [5.74, 6) is -2.91. The first-order chi connectivity index (χ1) is 12.5. The molecule has 26 heavy (non-hydrogen) atoms. The predicted molar refractivity (Wildman–Crippen MR) is 88.7 cm³/mol. The van der Waals surface area contributed by atoms with Gasteiger partial charge in [0.1, 0.15) is 0 Å². The maximum absolute atomic E-state index is 13.1. The molecule has 0 unspecified atom stereocenters. The Labute approximate surface area is 148 Å². The molecule has 1 N–H and O–H groups in total. The molecule has 7 nitrogen and oxygen atoms in total. The highest BCUT2D eigenvalue weighted by molar-refractivity contribution is 5.94. The van der Waals surface area contributed by atoms with Crippen LogP contribution in [0.5, 0.6) is 0 Å². The Hall–Kier alpha value is -3.10. The highest BCUT2D eigenvalue weighted by Gasteiger charge is 2.17. The maximum Gasteiger partial charge on any atom is 0.359 e. The minimum absolute atomic E-state index is 0.0198. The molecule has 0 aliphatic carbocycles. The van der Waals surface area contributed by atoms with E-state index < -0.39 is 30.1 Å². The number of carbonyl (C=O) groups excluding carboxylic acids is 2. The third-order valence-corrected chi connectivity index (χ3v) is 3.83. The van der Waals surface area contributed by atoms with Gasteiger partial charge in [0.25, 0.3) is 5.91 Å². The van der Waals surface area contributed by atoms with Gasteiger partial charge in [0.15, 0.2) is 29.8 Å². The first kappa shape index (κ1) is 17.7. The van der Waals surface area contributed by atoms with Crippen LogP contribution in [0, 0.1) is 11.6 Å². The molecule has 0 spiro atoms. The first-order valence-corrected chi connectivity index (χ1v) is 8.03. The van der Waals surface area contributed by atoms with Gasteiger partial charge in [-0.25, -0.2) is 13.6 Å². The van der Waals surface area contributed by atoms with Gasteiger partial charge in [-0.05, 0) is 37.1 Å². The Morgan fingerprint density at radius 1 is 1.08 bits per heavy atom. The summed E-state index contributed by atoms with van der Waals surface area (Å²) in [6.07, 6.45) is 2.19. The number of nitrogens with zero attached hydrogens (tertiary/aromatic N) is 3. The molecule has 0 radical (unpaired) electrons. The Balaban J connectivity index is 1.51. The number of amides is 1. The van der Waals surface area contributed by atoms with E-state index in [0.717, 1.165) is 38.1 Å². The summed E-state index contributed by atoms with van der Waals surface area (Å²) in [6, 6.07) is 6.07. The molecule has 1 aliphatic rings. The van der Waals surface area contributed by atoms with E-state index in [1.165, 1.54) is 12.1 Å². The van der Waals surface area contributed by atoms with E-state index in [1.54, 1.807) is 6.07 Å². The van der Waals surface area contributed by atoms with Crippen molar-refractivity contribution in [3.05, 3.63) is 47.7 Å². The molecule has 0 saturated carbocycles. The van der Waals surface area contributed by atoms with E-state index in [2.05, 4.69) is 20.4 Å². The van der Waals surface area contributed by atoms with E-state index in [1.807, 2.05) is 0 Å². The average Bonchev–Trinajstić information content (AvgIpc) is 3.18. The van der Waals surface area contributed by atoms with Crippen LogP contribution < -0.4 is 10.2 Å². The fourth-order valence-corrected chi connectivity index (χ4v) is 2.52. The lowest BCUT2D eigenvalue weighted by atomic mass is 10.3. The molecule has 2 aromatic rings. The van der Waals surface area contributed by atoms with Crippen molar-refractivity contribution in [2.45, 2.75) is 12.8 Å². The number of aromatic nitrogens is 2. The second-order valence-corrected chi connectivity index (χ2v) is 5.72. The van der Waals surface area contributed by atoms with E-state index in [-0.39, 0.29) is 11.4 Å². The molecular formula is C17H16F2N4O3. The van der Waals surface area contributed by atoms with E-state index in [9.17, 15) is 18.4 Å². The normalized spacial score (nSPS) is 13.5. The summed E-state index contributed by atoms with van der Waals surface area (Å²) >= 11 is 0. The van der Waals surface area contributed by atoms with Crippen LogP contribution in [-0.4, -0.2) is 41.8 Å². The zero-order valence-electron chi connectivity index (χ0n) is 13.7. The fourth-order valence-electron chi connectivity index (χ4n) is 2.52.